The SMILES string of the molecule is CC(C)OC(CCC#N)(C(=O)c1ccccc1)c1ccccc1. The number of hydrogen-bond donors (Lipinski definition) is 0. The van der Waals surface area contributed by atoms with Gasteiger partial charge in [-0.2, -0.15) is 5.26 Å². The van der Waals surface area contributed by atoms with Crippen LogP contribution in [0.1, 0.15) is 42.6 Å². The molecule has 0 spiro atoms. The Hall–Kier alpha value is -2.44. The van der Waals surface area contributed by atoms with Gasteiger partial charge in [0.25, 0.3) is 0 Å². The highest BCUT2D eigenvalue weighted by Crippen LogP contribution is 2.36. The zero-order valence-corrected chi connectivity index (χ0v) is 13.5. The second-order valence-corrected chi connectivity index (χ2v) is 5.71. The van der Waals surface area contributed by atoms with Crippen LogP contribution < -0.4 is 0 Å². The Morgan fingerprint density at radius 2 is 1.65 bits per heavy atom. The maximum absolute atomic E-state index is 13.3. The van der Waals surface area contributed by atoms with E-state index < -0.39 is 5.60 Å². The molecule has 2 aromatic rings. The molecule has 3 heteroatoms. The third-order valence-electron chi connectivity index (χ3n) is 3.67. The number of ether oxygens (including phenoxy) is 1. The van der Waals surface area contributed by atoms with Crippen LogP contribution in [0.4, 0.5) is 0 Å². The first kappa shape index (κ1) is 16.9. The van der Waals surface area contributed by atoms with Crippen molar-refractivity contribution in [3.63, 3.8) is 0 Å². The van der Waals surface area contributed by atoms with Crippen LogP contribution in [-0.4, -0.2) is 11.9 Å². The molecule has 0 bridgehead atoms. The van der Waals surface area contributed by atoms with E-state index in [1.165, 1.54) is 0 Å². The molecule has 0 saturated carbocycles. The molecule has 0 N–H and O–H groups in total. The van der Waals surface area contributed by atoms with E-state index in [4.69, 9.17) is 10.00 Å². The van der Waals surface area contributed by atoms with E-state index in [9.17, 15) is 4.79 Å². The molecule has 3 nitrogen and oxygen atoms in total. The van der Waals surface area contributed by atoms with Crippen LogP contribution in [0.2, 0.25) is 0 Å². The van der Waals surface area contributed by atoms with Gasteiger partial charge in [0.05, 0.1) is 12.2 Å². The van der Waals surface area contributed by atoms with Gasteiger partial charge in [-0.15, -0.1) is 0 Å². The van der Waals surface area contributed by atoms with E-state index in [0.29, 0.717) is 12.0 Å². The minimum Gasteiger partial charge on any atom is -0.359 e. The van der Waals surface area contributed by atoms with E-state index in [2.05, 4.69) is 6.07 Å². The number of rotatable bonds is 7. The molecule has 0 radical (unpaired) electrons. The molecule has 0 heterocycles. The smallest absolute Gasteiger partial charge is 0.199 e. The molecule has 0 aliphatic rings. The van der Waals surface area contributed by atoms with Crippen molar-refractivity contribution >= 4 is 5.78 Å². The van der Waals surface area contributed by atoms with E-state index >= 15 is 0 Å². The Morgan fingerprint density at radius 1 is 1.09 bits per heavy atom. The highest BCUT2D eigenvalue weighted by atomic mass is 16.5. The first-order chi connectivity index (χ1) is 11.1. The van der Waals surface area contributed by atoms with Crippen molar-refractivity contribution in [3.05, 3.63) is 71.8 Å². The van der Waals surface area contributed by atoms with Gasteiger partial charge in [0.1, 0.15) is 0 Å². The van der Waals surface area contributed by atoms with Crippen molar-refractivity contribution in [3.8, 4) is 6.07 Å². The predicted molar refractivity (Wildman–Crippen MR) is 90.0 cm³/mol. The number of Topliss-reactive ketones (excluding diaryl/α,β-unsaturated/α-hetero) is 1. The lowest BCUT2D eigenvalue weighted by Crippen LogP contribution is -2.41. The van der Waals surface area contributed by atoms with Gasteiger partial charge in [0, 0.05) is 18.4 Å². The van der Waals surface area contributed by atoms with Crippen LogP contribution in [0.15, 0.2) is 60.7 Å². The molecule has 1 atom stereocenters. The Kier molecular flexibility index (Phi) is 5.67. The zero-order chi connectivity index (χ0) is 16.7. The van der Waals surface area contributed by atoms with E-state index in [1.807, 2.05) is 62.4 Å². The Labute approximate surface area is 137 Å². The van der Waals surface area contributed by atoms with Crippen molar-refractivity contribution in [2.45, 2.75) is 38.4 Å². The summed E-state index contributed by atoms with van der Waals surface area (Å²) in [5, 5.41) is 9.05. The molecule has 0 fully saturated rings. The summed E-state index contributed by atoms with van der Waals surface area (Å²) < 4.78 is 6.14. The van der Waals surface area contributed by atoms with Gasteiger partial charge in [-0.25, -0.2) is 0 Å². The molecule has 0 saturated heterocycles. The number of nitrogens with zero attached hydrogens (tertiary/aromatic N) is 1. The molecule has 0 aliphatic heterocycles. The number of carbonyl (C=O) groups excluding carboxylic acids is 1. The minimum absolute atomic E-state index is 0.103. The molecule has 0 aromatic heterocycles. The Bertz CT molecular complexity index is 674. The lowest BCUT2D eigenvalue weighted by atomic mass is 9.82. The van der Waals surface area contributed by atoms with Crippen LogP contribution in [0.25, 0.3) is 0 Å². The second-order valence-electron chi connectivity index (χ2n) is 5.71. The summed E-state index contributed by atoms with van der Waals surface area (Å²) >= 11 is 0. The summed E-state index contributed by atoms with van der Waals surface area (Å²) in [7, 11) is 0. The van der Waals surface area contributed by atoms with Gasteiger partial charge >= 0.3 is 0 Å². The molecule has 2 aromatic carbocycles. The summed E-state index contributed by atoms with van der Waals surface area (Å²) in [6, 6.07) is 20.7. The lowest BCUT2D eigenvalue weighted by molar-refractivity contribution is -0.0652. The monoisotopic (exact) mass is 307 g/mol. The third-order valence-corrected chi connectivity index (χ3v) is 3.67. The van der Waals surface area contributed by atoms with E-state index in [1.54, 1.807) is 12.1 Å². The summed E-state index contributed by atoms with van der Waals surface area (Å²) in [5.74, 6) is -0.103. The van der Waals surface area contributed by atoms with Crippen LogP contribution in [0, 0.1) is 11.3 Å². The summed E-state index contributed by atoms with van der Waals surface area (Å²) in [6.07, 6.45) is 0.446. The molecular formula is C20H21NO2. The number of ketones is 1. The summed E-state index contributed by atoms with van der Waals surface area (Å²) in [5.41, 5.74) is 0.250. The predicted octanol–water partition coefficient (Wildman–Crippen LogP) is 4.49. The number of nitriles is 1. The number of benzene rings is 2. The van der Waals surface area contributed by atoms with Gasteiger partial charge in [-0.1, -0.05) is 60.7 Å². The van der Waals surface area contributed by atoms with Crippen LogP contribution in [-0.2, 0) is 10.3 Å². The summed E-state index contributed by atoms with van der Waals surface area (Å²) in [4.78, 5) is 13.3. The fraction of sp³-hybridized carbons (Fsp3) is 0.300. The quantitative estimate of drug-likeness (QED) is 0.708. The highest BCUT2D eigenvalue weighted by Gasteiger charge is 2.42. The molecule has 118 valence electrons. The Balaban J connectivity index is 2.56. The van der Waals surface area contributed by atoms with E-state index in [0.717, 1.165) is 5.56 Å². The highest BCUT2D eigenvalue weighted by molar-refractivity contribution is 6.03. The van der Waals surface area contributed by atoms with Gasteiger partial charge < -0.3 is 4.74 Å². The van der Waals surface area contributed by atoms with Gasteiger partial charge in [0.2, 0.25) is 0 Å². The number of carbonyl (C=O) groups is 1. The number of hydrogen-bond acceptors (Lipinski definition) is 3. The molecule has 0 aliphatic carbocycles. The minimum atomic E-state index is -1.13. The summed E-state index contributed by atoms with van der Waals surface area (Å²) in [6.45, 7) is 3.81. The molecule has 2 rings (SSSR count). The zero-order valence-electron chi connectivity index (χ0n) is 13.5. The van der Waals surface area contributed by atoms with Crippen LogP contribution in [0.3, 0.4) is 0 Å². The second kappa shape index (κ2) is 7.71. The maximum atomic E-state index is 13.3. The lowest BCUT2D eigenvalue weighted by Gasteiger charge is -2.34. The molecule has 1 unspecified atom stereocenters. The van der Waals surface area contributed by atoms with Crippen LogP contribution >= 0.6 is 0 Å². The van der Waals surface area contributed by atoms with Crippen molar-refractivity contribution in [2.75, 3.05) is 0 Å². The standard InChI is InChI=1S/C20H21NO2/c1-16(2)23-20(14-9-15-21,18-12-7-4-8-13-18)19(22)17-10-5-3-6-11-17/h3-8,10-13,16H,9,14H2,1-2H3. The molecule has 0 amide bonds. The van der Waals surface area contributed by atoms with Crippen molar-refractivity contribution < 1.29 is 9.53 Å². The van der Waals surface area contributed by atoms with Crippen LogP contribution in [0.5, 0.6) is 0 Å². The third kappa shape index (κ3) is 3.85. The van der Waals surface area contributed by atoms with Crippen molar-refractivity contribution in [1.29, 1.82) is 5.26 Å². The first-order valence-corrected chi connectivity index (χ1v) is 7.80. The molecular weight excluding hydrogens is 286 g/mol. The average molecular weight is 307 g/mol. The van der Waals surface area contributed by atoms with Crippen molar-refractivity contribution in [1.82, 2.24) is 0 Å². The van der Waals surface area contributed by atoms with Gasteiger partial charge in [0.15, 0.2) is 11.4 Å². The normalized spacial score (nSPS) is 13.3. The maximum Gasteiger partial charge on any atom is 0.199 e. The Morgan fingerprint density at radius 3 is 2.17 bits per heavy atom. The van der Waals surface area contributed by atoms with Gasteiger partial charge in [-0.3, -0.25) is 4.79 Å². The fourth-order valence-electron chi connectivity index (χ4n) is 2.73. The fourth-order valence-corrected chi connectivity index (χ4v) is 2.73. The topological polar surface area (TPSA) is 50.1 Å². The van der Waals surface area contributed by atoms with Gasteiger partial charge in [-0.05, 0) is 19.4 Å². The average Bonchev–Trinajstić information content (AvgIpc) is 2.59. The first-order valence-electron chi connectivity index (χ1n) is 7.80. The van der Waals surface area contributed by atoms with E-state index in [-0.39, 0.29) is 18.3 Å². The van der Waals surface area contributed by atoms with Crippen molar-refractivity contribution in [2.24, 2.45) is 0 Å². The molecule has 23 heavy (non-hydrogen) atoms. The largest absolute Gasteiger partial charge is 0.359 e.